The van der Waals surface area contributed by atoms with Crippen molar-refractivity contribution in [3.8, 4) is 5.75 Å². The predicted octanol–water partition coefficient (Wildman–Crippen LogP) is 2.10. The lowest BCUT2D eigenvalue weighted by molar-refractivity contribution is 0.0718. The number of hydrogen-bond acceptors (Lipinski definition) is 5. The van der Waals surface area contributed by atoms with Gasteiger partial charge < -0.3 is 15.4 Å². The Kier molecular flexibility index (Phi) is 3.48. The Balaban J connectivity index is 1.86. The van der Waals surface area contributed by atoms with Gasteiger partial charge in [-0.05, 0) is 31.4 Å². The predicted molar refractivity (Wildman–Crippen MR) is 91.2 cm³/mol. The Morgan fingerprint density at radius 1 is 1.25 bits per heavy atom. The van der Waals surface area contributed by atoms with E-state index in [1.54, 1.807) is 13.2 Å². The lowest BCUT2D eigenvalue weighted by atomic mass is 10.1. The van der Waals surface area contributed by atoms with E-state index >= 15 is 0 Å². The van der Waals surface area contributed by atoms with Gasteiger partial charge in [0.2, 0.25) is 5.95 Å². The van der Waals surface area contributed by atoms with Crippen molar-refractivity contribution in [2.45, 2.75) is 19.3 Å². The van der Waals surface area contributed by atoms with E-state index in [9.17, 15) is 4.79 Å². The Morgan fingerprint density at radius 3 is 2.79 bits per heavy atom. The highest BCUT2D eigenvalue weighted by Crippen LogP contribution is 2.29. The standard InChI is InChI=1S/C17H19N5O2/c1-24-14-7-5-6-11-13-10-12(16(23)21-8-3-2-4-9-21)20-22(13)17(18)19-15(11)14/h5-7,10H,2-4,8-9H2,1H3,(H2,18,19). The molecule has 1 fully saturated rings. The van der Waals surface area contributed by atoms with Crippen LogP contribution in [0.15, 0.2) is 24.3 Å². The zero-order valence-electron chi connectivity index (χ0n) is 13.5. The van der Waals surface area contributed by atoms with Crippen molar-refractivity contribution in [2.75, 3.05) is 25.9 Å². The van der Waals surface area contributed by atoms with E-state index in [2.05, 4.69) is 10.1 Å². The third kappa shape index (κ3) is 2.24. The largest absolute Gasteiger partial charge is 0.494 e. The third-order valence-corrected chi connectivity index (χ3v) is 4.51. The second-order valence-electron chi connectivity index (χ2n) is 6.01. The normalized spacial score (nSPS) is 15.1. The first-order chi connectivity index (χ1) is 11.7. The summed E-state index contributed by atoms with van der Waals surface area (Å²) in [5.74, 6) is 0.834. The summed E-state index contributed by atoms with van der Waals surface area (Å²) in [6, 6.07) is 7.44. The van der Waals surface area contributed by atoms with Crippen molar-refractivity contribution in [1.29, 1.82) is 0 Å². The molecule has 1 saturated heterocycles. The lowest BCUT2D eigenvalue weighted by Crippen LogP contribution is -2.35. The van der Waals surface area contributed by atoms with Crippen LogP contribution >= 0.6 is 0 Å². The maximum Gasteiger partial charge on any atom is 0.274 e. The molecule has 24 heavy (non-hydrogen) atoms. The number of piperidine rings is 1. The number of ether oxygens (including phenoxy) is 1. The van der Waals surface area contributed by atoms with Crippen molar-refractivity contribution in [3.63, 3.8) is 0 Å². The zero-order valence-corrected chi connectivity index (χ0v) is 13.5. The maximum atomic E-state index is 12.7. The molecule has 0 bridgehead atoms. The number of carbonyl (C=O) groups excluding carboxylic acids is 1. The van der Waals surface area contributed by atoms with E-state index in [0.29, 0.717) is 17.0 Å². The summed E-state index contributed by atoms with van der Waals surface area (Å²) < 4.78 is 6.88. The van der Waals surface area contributed by atoms with Crippen LogP contribution in [0.5, 0.6) is 5.75 Å². The van der Waals surface area contributed by atoms with Gasteiger partial charge in [0.25, 0.3) is 5.91 Å². The van der Waals surface area contributed by atoms with Gasteiger partial charge in [-0.3, -0.25) is 4.79 Å². The highest BCUT2D eigenvalue weighted by Gasteiger charge is 2.22. The van der Waals surface area contributed by atoms with E-state index in [1.165, 1.54) is 10.9 Å². The van der Waals surface area contributed by atoms with Crippen molar-refractivity contribution < 1.29 is 9.53 Å². The fourth-order valence-electron chi connectivity index (χ4n) is 3.28. The number of rotatable bonds is 2. The lowest BCUT2D eigenvalue weighted by Gasteiger charge is -2.25. The van der Waals surface area contributed by atoms with E-state index in [1.807, 2.05) is 23.1 Å². The number of carbonyl (C=O) groups is 1. The molecule has 2 N–H and O–H groups in total. The molecular formula is C17H19N5O2. The van der Waals surface area contributed by atoms with Crippen LogP contribution in [0.2, 0.25) is 0 Å². The second-order valence-corrected chi connectivity index (χ2v) is 6.01. The van der Waals surface area contributed by atoms with Gasteiger partial charge in [-0.25, -0.2) is 4.98 Å². The van der Waals surface area contributed by atoms with Crippen LogP contribution in [0.25, 0.3) is 16.4 Å². The molecule has 0 unspecified atom stereocenters. The van der Waals surface area contributed by atoms with E-state index in [4.69, 9.17) is 10.5 Å². The molecule has 0 atom stereocenters. The first-order valence-electron chi connectivity index (χ1n) is 8.10. The fraction of sp³-hybridized carbons (Fsp3) is 0.353. The molecule has 7 heteroatoms. The first-order valence-corrected chi connectivity index (χ1v) is 8.10. The number of nitrogens with two attached hydrogens (primary N) is 1. The fourth-order valence-corrected chi connectivity index (χ4v) is 3.28. The Bertz CT molecular complexity index is 928. The monoisotopic (exact) mass is 325 g/mol. The highest BCUT2D eigenvalue weighted by molar-refractivity contribution is 6.01. The van der Waals surface area contributed by atoms with Gasteiger partial charge >= 0.3 is 0 Å². The molecule has 0 aliphatic carbocycles. The minimum atomic E-state index is -0.0474. The molecule has 3 heterocycles. The van der Waals surface area contributed by atoms with E-state index < -0.39 is 0 Å². The zero-order chi connectivity index (χ0) is 16.7. The van der Waals surface area contributed by atoms with E-state index in [0.717, 1.165) is 36.8 Å². The molecule has 4 rings (SSSR count). The van der Waals surface area contributed by atoms with Crippen molar-refractivity contribution in [3.05, 3.63) is 30.0 Å². The highest BCUT2D eigenvalue weighted by atomic mass is 16.5. The van der Waals surface area contributed by atoms with Crippen LogP contribution in [-0.4, -0.2) is 45.6 Å². The summed E-state index contributed by atoms with van der Waals surface area (Å²) in [7, 11) is 1.60. The number of nitrogens with zero attached hydrogens (tertiary/aromatic N) is 4. The Hall–Kier alpha value is -2.83. The van der Waals surface area contributed by atoms with Crippen LogP contribution in [-0.2, 0) is 0 Å². The van der Waals surface area contributed by atoms with Gasteiger partial charge in [-0.1, -0.05) is 12.1 Å². The molecule has 124 valence electrons. The number of likely N-dealkylation sites (tertiary alicyclic amines) is 1. The molecule has 0 saturated carbocycles. The molecule has 2 aromatic heterocycles. The van der Waals surface area contributed by atoms with Gasteiger partial charge in [0, 0.05) is 18.5 Å². The van der Waals surface area contributed by atoms with Crippen LogP contribution in [0, 0.1) is 0 Å². The number of anilines is 1. The molecule has 1 aliphatic rings. The van der Waals surface area contributed by atoms with Crippen LogP contribution in [0.4, 0.5) is 5.95 Å². The third-order valence-electron chi connectivity index (χ3n) is 4.51. The van der Waals surface area contributed by atoms with Crippen molar-refractivity contribution in [1.82, 2.24) is 19.5 Å². The average Bonchev–Trinajstić information content (AvgIpc) is 3.08. The number of amides is 1. The summed E-state index contributed by atoms with van der Waals surface area (Å²) in [5, 5.41) is 5.25. The van der Waals surface area contributed by atoms with Gasteiger partial charge in [-0.15, -0.1) is 0 Å². The summed E-state index contributed by atoms with van der Waals surface area (Å²) in [4.78, 5) is 19.0. The summed E-state index contributed by atoms with van der Waals surface area (Å²) >= 11 is 0. The molecule has 0 radical (unpaired) electrons. The first kappa shape index (κ1) is 14.7. The molecule has 7 nitrogen and oxygen atoms in total. The quantitative estimate of drug-likeness (QED) is 0.780. The average molecular weight is 325 g/mol. The van der Waals surface area contributed by atoms with Gasteiger partial charge in [-0.2, -0.15) is 9.61 Å². The molecule has 1 aliphatic heterocycles. The SMILES string of the molecule is COc1cccc2c1nc(N)n1nc(C(=O)N3CCCCC3)cc21. The number of aromatic nitrogens is 3. The minimum Gasteiger partial charge on any atom is -0.494 e. The number of hydrogen-bond donors (Lipinski definition) is 1. The number of para-hydroxylation sites is 1. The van der Waals surface area contributed by atoms with Crippen LogP contribution in [0.1, 0.15) is 29.8 Å². The number of nitrogen functional groups attached to an aromatic ring is 1. The van der Waals surface area contributed by atoms with Crippen LogP contribution < -0.4 is 10.5 Å². The van der Waals surface area contributed by atoms with Crippen molar-refractivity contribution in [2.24, 2.45) is 0 Å². The minimum absolute atomic E-state index is 0.0474. The molecule has 1 amide bonds. The number of methoxy groups -OCH3 is 1. The van der Waals surface area contributed by atoms with Crippen molar-refractivity contribution >= 4 is 28.3 Å². The summed E-state index contributed by atoms with van der Waals surface area (Å²) in [6.45, 7) is 1.57. The maximum absolute atomic E-state index is 12.7. The molecule has 1 aromatic carbocycles. The molecular weight excluding hydrogens is 306 g/mol. The molecule has 0 spiro atoms. The smallest absolute Gasteiger partial charge is 0.274 e. The van der Waals surface area contributed by atoms with Gasteiger partial charge in [0.1, 0.15) is 11.3 Å². The summed E-state index contributed by atoms with van der Waals surface area (Å²) in [5.41, 5.74) is 7.88. The Morgan fingerprint density at radius 2 is 2.04 bits per heavy atom. The number of fused-ring (bicyclic) bond motifs is 3. The van der Waals surface area contributed by atoms with E-state index in [-0.39, 0.29) is 11.9 Å². The van der Waals surface area contributed by atoms with Gasteiger partial charge in [0.05, 0.1) is 12.6 Å². The van der Waals surface area contributed by atoms with Gasteiger partial charge in [0.15, 0.2) is 5.69 Å². The summed E-state index contributed by atoms with van der Waals surface area (Å²) in [6.07, 6.45) is 3.27. The Labute approximate surface area is 139 Å². The second kappa shape index (κ2) is 5.67. The number of benzene rings is 1. The topological polar surface area (TPSA) is 85.7 Å². The molecule has 3 aromatic rings. The van der Waals surface area contributed by atoms with Crippen LogP contribution in [0.3, 0.4) is 0 Å².